The standard InChI is InChI=1S/C14H17ClN2O3/c15-11-3-1-10(2-4-11)9-16-14(20)17(12-5-6-12)8-7-13(18)19/h1-4,12H,5-9H2,(H,16,20)(H,18,19). The van der Waals surface area contributed by atoms with Crippen molar-refractivity contribution in [2.24, 2.45) is 0 Å². The van der Waals surface area contributed by atoms with E-state index in [2.05, 4.69) is 5.32 Å². The highest BCUT2D eigenvalue weighted by Gasteiger charge is 2.32. The van der Waals surface area contributed by atoms with E-state index >= 15 is 0 Å². The van der Waals surface area contributed by atoms with E-state index in [4.69, 9.17) is 16.7 Å². The number of aliphatic carboxylic acids is 1. The summed E-state index contributed by atoms with van der Waals surface area (Å²) in [7, 11) is 0. The molecule has 108 valence electrons. The number of rotatable bonds is 6. The molecule has 0 heterocycles. The fourth-order valence-electron chi connectivity index (χ4n) is 1.93. The van der Waals surface area contributed by atoms with Gasteiger partial charge >= 0.3 is 12.0 Å². The van der Waals surface area contributed by atoms with Gasteiger partial charge < -0.3 is 15.3 Å². The molecule has 6 heteroatoms. The summed E-state index contributed by atoms with van der Waals surface area (Å²) in [6, 6.07) is 7.23. The number of benzene rings is 1. The van der Waals surface area contributed by atoms with E-state index in [1.165, 1.54) is 0 Å². The van der Waals surface area contributed by atoms with E-state index in [1.807, 2.05) is 12.1 Å². The van der Waals surface area contributed by atoms with Crippen molar-refractivity contribution in [3.8, 4) is 0 Å². The van der Waals surface area contributed by atoms with Crippen LogP contribution < -0.4 is 5.32 Å². The first-order valence-electron chi connectivity index (χ1n) is 6.57. The predicted octanol–water partition coefficient (Wildman–Crippen LogP) is 2.49. The summed E-state index contributed by atoms with van der Waals surface area (Å²) in [6.07, 6.45) is 1.88. The van der Waals surface area contributed by atoms with Crippen molar-refractivity contribution in [2.75, 3.05) is 6.54 Å². The van der Waals surface area contributed by atoms with E-state index in [1.54, 1.807) is 17.0 Å². The zero-order valence-corrected chi connectivity index (χ0v) is 11.8. The maximum absolute atomic E-state index is 12.1. The first kappa shape index (κ1) is 14.7. The number of hydrogen-bond acceptors (Lipinski definition) is 2. The molecule has 1 fully saturated rings. The molecule has 2 rings (SSSR count). The summed E-state index contributed by atoms with van der Waals surface area (Å²) in [5.41, 5.74) is 0.955. The van der Waals surface area contributed by atoms with Gasteiger partial charge in [-0.1, -0.05) is 23.7 Å². The van der Waals surface area contributed by atoms with Crippen molar-refractivity contribution in [1.29, 1.82) is 0 Å². The number of carbonyl (C=O) groups is 2. The van der Waals surface area contributed by atoms with Crippen LogP contribution in [0.5, 0.6) is 0 Å². The molecule has 0 bridgehead atoms. The van der Waals surface area contributed by atoms with Crippen LogP contribution in [0.4, 0.5) is 4.79 Å². The van der Waals surface area contributed by atoms with E-state index in [-0.39, 0.29) is 25.0 Å². The molecule has 0 aliphatic heterocycles. The van der Waals surface area contributed by atoms with Gasteiger partial charge in [-0.05, 0) is 30.5 Å². The Kier molecular flexibility index (Phi) is 4.84. The van der Waals surface area contributed by atoms with E-state index in [9.17, 15) is 9.59 Å². The molecule has 0 atom stereocenters. The summed E-state index contributed by atoms with van der Waals surface area (Å²) >= 11 is 5.79. The van der Waals surface area contributed by atoms with Crippen molar-refractivity contribution in [2.45, 2.75) is 31.8 Å². The lowest BCUT2D eigenvalue weighted by atomic mass is 10.2. The van der Waals surface area contributed by atoms with Crippen LogP contribution in [-0.4, -0.2) is 34.6 Å². The van der Waals surface area contributed by atoms with Gasteiger partial charge in [0.2, 0.25) is 0 Å². The third-order valence-corrected chi connectivity index (χ3v) is 3.42. The molecule has 0 unspecified atom stereocenters. The molecule has 0 spiro atoms. The Morgan fingerprint density at radius 1 is 1.30 bits per heavy atom. The smallest absolute Gasteiger partial charge is 0.317 e. The molecule has 5 nitrogen and oxygen atoms in total. The minimum Gasteiger partial charge on any atom is -0.481 e. The van der Waals surface area contributed by atoms with Crippen LogP contribution in [0, 0.1) is 0 Å². The summed E-state index contributed by atoms with van der Waals surface area (Å²) < 4.78 is 0. The van der Waals surface area contributed by atoms with Crippen LogP contribution in [0.1, 0.15) is 24.8 Å². The van der Waals surface area contributed by atoms with Crippen molar-refractivity contribution in [3.63, 3.8) is 0 Å². The molecule has 0 saturated heterocycles. The number of nitrogens with zero attached hydrogens (tertiary/aromatic N) is 1. The molecule has 2 amide bonds. The monoisotopic (exact) mass is 296 g/mol. The summed E-state index contributed by atoms with van der Waals surface area (Å²) in [6.45, 7) is 0.665. The second kappa shape index (κ2) is 6.61. The van der Waals surface area contributed by atoms with Gasteiger partial charge in [-0.15, -0.1) is 0 Å². The topological polar surface area (TPSA) is 69.6 Å². The van der Waals surface area contributed by atoms with Crippen LogP contribution in [0.3, 0.4) is 0 Å². The molecule has 0 aromatic heterocycles. The Balaban J connectivity index is 1.85. The number of carboxylic acid groups (broad SMARTS) is 1. The molecule has 0 radical (unpaired) electrons. The molecule has 2 N–H and O–H groups in total. The molecule has 1 aliphatic carbocycles. The lowest BCUT2D eigenvalue weighted by Gasteiger charge is -2.22. The quantitative estimate of drug-likeness (QED) is 0.847. The number of halogens is 1. The highest BCUT2D eigenvalue weighted by molar-refractivity contribution is 6.30. The van der Waals surface area contributed by atoms with Crippen LogP contribution in [0.2, 0.25) is 5.02 Å². The van der Waals surface area contributed by atoms with Crippen LogP contribution in [0.25, 0.3) is 0 Å². The predicted molar refractivity (Wildman–Crippen MR) is 75.7 cm³/mol. The number of urea groups is 1. The Morgan fingerprint density at radius 3 is 2.50 bits per heavy atom. The average molecular weight is 297 g/mol. The number of hydrogen-bond donors (Lipinski definition) is 2. The van der Waals surface area contributed by atoms with E-state index in [0.29, 0.717) is 11.6 Å². The molecule has 1 aromatic carbocycles. The fourth-order valence-corrected chi connectivity index (χ4v) is 2.06. The number of nitrogens with one attached hydrogen (secondary N) is 1. The van der Waals surface area contributed by atoms with Gasteiger partial charge in [0.05, 0.1) is 6.42 Å². The van der Waals surface area contributed by atoms with Gasteiger partial charge in [0.1, 0.15) is 0 Å². The molecule has 1 saturated carbocycles. The lowest BCUT2D eigenvalue weighted by molar-refractivity contribution is -0.137. The SMILES string of the molecule is O=C(O)CCN(C(=O)NCc1ccc(Cl)cc1)C1CC1. The molecular formula is C14H17ClN2O3. The zero-order valence-electron chi connectivity index (χ0n) is 11.0. The summed E-state index contributed by atoms with van der Waals surface area (Å²) in [5.74, 6) is -0.888. The van der Waals surface area contributed by atoms with Gasteiger partial charge in [0, 0.05) is 24.2 Å². The van der Waals surface area contributed by atoms with Crippen molar-refractivity contribution in [1.82, 2.24) is 10.2 Å². The van der Waals surface area contributed by atoms with Crippen molar-refractivity contribution < 1.29 is 14.7 Å². The fraction of sp³-hybridized carbons (Fsp3) is 0.429. The third-order valence-electron chi connectivity index (χ3n) is 3.17. The summed E-state index contributed by atoms with van der Waals surface area (Å²) in [4.78, 5) is 24.3. The van der Waals surface area contributed by atoms with Gasteiger partial charge in [-0.2, -0.15) is 0 Å². The van der Waals surface area contributed by atoms with Crippen LogP contribution in [0.15, 0.2) is 24.3 Å². The minimum atomic E-state index is -0.888. The van der Waals surface area contributed by atoms with Crippen molar-refractivity contribution >= 4 is 23.6 Å². The highest BCUT2D eigenvalue weighted by Crippen LogP contribution is 2.27. The highest BCUT2D eigenvalue weighted by atomic mass is 35.5. The van der Waals surface area contributed by atoms with Crippen LogP contribution in [-0.2, 0) is 11.3 Å². The lowest BCUT2D eigenvalue weighted by Crippen LogP contribution is -2.42. The second-order valence-corrected chi connectivity index (χ2v) is 5.29. The third kappa shape index (κ3) is 4.42. The Labute approximate surface area is 122 Å². The zero-order chi connectivity index (χ0) is 14.5. The Bertz CT molecular complexity index is 486. The molecule has 20 heavy (non-hydrogen) atoms. The van der Waals surface area contributed by atoms with E-state index in [0.717, 1.165) is 18.4 Å². The number of carboxylic acids is 1. The van der Waals surface area contributed by atoms with Gasteiger partial charge in [0.15, 0.2) is 0 Å². The molecule has 1 aromatic rings. The Hall–Kier alpha value is -1.75. The first-order chi connectivity index (χ1) is 9.56. The Morgan fingerprint density at radius 2 is 1.95 bits per heavy atom. The first-order valence-corrected chi connectivity index (χ1v) is 6.95. The largest absolute Gasteiger partial charge is 0.481 e. The number of amides is 2. The van der Waals surface area contributed by atoms with Crippen LogP contribution >= 0.6 is 11.6 Å². The molecular weight excluding hydrogens is 280 g/mol. The number of carbonyl (C=O) groups excluding carboxylic acids is 1. The van der Waals surface area contributed by atoms with Crippen molar-refractivity contribution in [3.05, 3.63) is 34.9 Å². The summed E-state index contributed by atoms with van der Waals surface area (Å²) in [5, 5.41) is 12.2. The average Bonchev–Trinajstić information content (AvgIpc) is 3.22. The van der Waals surface area contributed by atoms with Gasteiger partial charge in [-0.25, -0.2) is 4.79 Å². The maximum Gasteiger partial charge on any atom is 0.317 e. The molecule has 1 aliphatic rings. The van der Waals surface area contributed by atoms with E-state index < -0.39 is 5.97 Å². The maximum atomic E-state index is 12.1. The van der Waals surface area contributed by atoms with Gasteiger partial charge in [0.25, 0.3) is 0 Å². The minimum absolute atomic E-state index is 0.0230. The normalized spacial score (nSPS) is 13.8. The second-order valence-electron chi connectivity index (χ2n) is 4.85. The van der Waals surface area contributed by atoms with Gasteiger partial charge in [-0.3, -0.25) is 4.79 Å².